The van der Waals surface area contributed by atoms with Crippen LogP contribution in [0.3, 0.4) is 0 Å². The normalized spacial score (nSPS) is 10.8. The van der Waals surface area contributed by atoms with Crippen LogP contribution in [-0.2, 0) is 0 Å². The first-order valence-electron chi connectivity index (χ1n) is 4.44. The van der Waals surface area contributed by atoms with E-state index in [1.54, 1.807) is 18.7 Å². The summed E-state index contributed by atoms with van der Waals surface area (Å²) in [6.07, 6.45) is 6.68. The maximum absolute atomic E-state index is 4.04. The van der Waals surface area contributed by atoms with Gasteiger partial charge in [-0.15, -0.1) is 10.2 Å². The molecule has 0 saturated heterocycles. The van der Waals surface area contributed by atoms with Crippen molar-refractivity contribution in [2.75, 3.05) is 0 Å². The van der Waals surface area contributed by atoms with E-state index in [0.29, 0.717) is 6.04 Å². The molecule has 0 fully saturated rings. The van der Waals surface area contributed by atoms with Gasteiger partial charge in [-0.05, 0) is 13.8 Å². The number of rotatable bonds is 2. The van der Waals surface area contributed by atoms with Crippen molar-refractivity contribution in [2.24, 2.45) is 0 Å². The highest BCUT2D eigenvalue weighted by Crippen LogP contribution is 2.17. The fourth-order valence-electron chi connectivity index (χ4n) is 1.24. The van der Waals surface area contributed by atoms with Crippen LogP contribution >= 0.6 is 0 Å². The largest absolute Gasteiger partial charge is 0.311 e. The van der Waals surface area contributed by atoms with Crippen LogP contribution in [0, 0.1) is 0 Å². The first kappa shape index (κ1) is 8.80. The molecule has 0 unspecified atom stereocenters. The van der Waals surface area contributed by atoms with Crippen LogP contribution in [0.25, 0.3) is 11.4 Å². The Labute approximate surface area is 81.8 Å². The second kappa shape index (κ2) is 3.53. The minimum absolute atomic E-state index is 0.334. The summed E-state index contributed by atoms with van der Waals surface area (Å²) in [6, 6.07) is 0.334. The topological polar surface area (TPSA) is 56.5 Å². The number of hydrogen-bond acceptors (Lipinski definition) is 4. The van der Waals surface area contributed by atoms with Crippen molar-refractivity contribution in [3.63, 3.8) is 0 Å². The Kier molecular flexibility index (Phi) is 2.22. The lowest BCUT2D eigenvalue weighted by molar-refractivity contribution is 0.604. The van der Waals surface area contributed by atoms with Crippen molar-refractivity contribution in [3.8, 4) is 11.4 Å². The Balaban J connectivity index is 2.47. The van der Waals surface area contributed by atoms with Gasteiger partial charge in [0.05, 0.1) is 5.56 Å². The van der Waals surface area contributed by atoms with Crippen LogP contribution in [0.4, 0.5) is 0 Å². The molecule has 0 amide bonds. The average molecular weight is 189 g/mol. The van der Waals surface area contributed by atoms with Crippen molar-refractivity contribution in [2.45, 2.75) is 19.9 Å². The lowest BCUT2D eigenvalue weighted by Crippen LogP contribution is -2.02. The third-order valence-electron chi connectivity index (χ3n) is 1.95. The summed E-state index contributed by atoms with van der Waals surface area (Å²) in [6.45, 7) is 4.16. The van der Waals surface area contributed by atoms with E-state index < -0.39 is 0 Å². The van der Waals surface area contributed by atoms with Crippen molar-refractivity contribution in [1.82, 2.24) is 24.7 Å². The smallest absolute Gasteiger partial charge is 0.167 e. The van der Waals surface area contributed by atoms with Crippen LogP contribution in [0.15, 0.2) is 25.0 Å². The summed E-state index contributed by atoms with van der Waals surface area (Å²) in [4.78, 5) is 7.90. The monoisotopic (exact) mass is 189 g/mol. The van der Waals surface area contributed by atoms with Crippen molar-refractivity contribution < 1.29 is 0 Å². The van der Waals surface area contributed by atoms with Gasteiger partial charge >= 0.3 is 0 Å². The highest BCUT2D eigenvalue weighted by Gasteiger charge is 2.09. The second-order valence-electron chi connectivity index (χ2n) is 3.28. The molecule has 0 saturated carbocycles. The summed E-state index contributed by atoms with van der Waals surface area (Å²) in [5.74, 6) is 0.806. The Morgan fingerprint density at radius 2 is 1.93 bits per heavy atom. The number of aromatic nitrogens is 5. The van der Waals surface area contributed by atoms with Crippen LogP contribution in [0.5, 0.6) is 0 Å². The van der Waals surface area contributed by atoms with Gasteiger partial charge in [-0.3, -0.25) is 0 Å². The summed E-state index contributed by atoms with van der Waals surface area (Å²) in [5, 5.41) is 7.92. The lowest BCUT2D eigenvalue weighted by Gasteiger charge is -2.08. The van der Waals surface area contributed by atoms with Gasteiger partial charge in [-0.1, -0.05) is 0 Å². The fourth-order valence-corrected chi connectivity index (χ4v) is 1.24. The molecule has 0 N–H and O–H groups in total. The molecule has 0 aliphatic carbocycles. The van der Waals surface area contributed by atoms with Crippen LogP contribution in [-0.4, -0.2) is 24.7 Å². The first-order chi connectivity index (χ1) is 6.79. The van der Waals surface area contributed by atoms with E-state index in [-0.39, 0.29) is 0 Å². The van der Waals surface area contributed by atoms with E-state index in [9.17, 15) is 0 Å². The second-order valence-corrected chi connectivity index (χ2v) is 3.28. The van der Waals surface area contributed by atoms with Gasteiger partial charge in [-0.25, -0.2) is 9.97 Å². The van der Waals surface area contributed by atoms with Crippen molar-refractivity contribution in [1.29, 1.82) is 0 Å². The molecule has 0 aromatic carbocycles. The van der Waals surface area contributed by atoms with Crippen LogP contribution < -0.4 is 0 Å². The molecule has 72 valence electrons. The molecular formula is C9H11N5. The van der Waals surface area contributed by atoms with Gasteiger partial charge < -0.3 is 4.57 Å². The molecule has 2 rings (SSSR count). The Morgan fingerprint density at radius 1 is 1.21 bits per heavy atom. The molecule has 0 atom stereocenters. The summed E-state index contributed by atoms with van der Waals surface area (Å²) >= 11 is 0. The molecule has 0 aliphatic rings. The zero-order valence-corrected chi connectivity index (χ0v) is 8.12. The average Bonchev–Trinajstić information content (AvgIpc) is 2.67. The highest BCUT2D eigenvalue weighted by atomic mass is 15.3. The molecule has 5 nitrogen and oxygen atoms in total. The molecule has 2 heterocycles. The molecule has 0 radical (unpaired) electrons. The summed E-state index contributed by atoms with van der Waals surface area (Å²) < 4.78 is 1.98. The van der Waals surface area contributed by atoms with Gasteiger partial charge in [0.25, 0.3) is 0 Å². The zero-order valence-electron chi connectivity index (χ0n) is 8.12. The molecule has 0 bridgehead atoms. The van der Waals surface area contributed by atoms with E-state index >= 15 is 0 Å². The van der Waals surface area contributed by atoms with Gasteiger partial charge in [0.15, 0.2) is 5.82 Å². The Morgan fingerprint density at radius 3 is 2.57 bits per heavy atom. The first-order valence-corrected chi connectivity index (χ1v) is 4.44. The third-order valence-corrected chi connectivity index (χ3v) is 1.95. The van der Waals surface area contributed by atoms with Crippen molar-refractivity contribution >= 4 is 0 Å². The standard InChI is InChI=1S/C9H11N5/c1-7(2)14-6-12-13-9(14)8-3-10-5-11-4-8/h3-7H,1-2H3. The van der Waals surface area contributed by atoms with E-state index in [0.717, 1.165) is 11.4 Å². The van der Waals surface area contributed by atoms with E-state index in [1.165, 1.54) is 6.33 Å². The number of hydrogen-bond donors (Lipinski definition) is 0. The quantitative estimate of drug-likeness (QED) is 0.714. The van der Waals surface area contributed by atoms with E-state index in [1.807, 2.05) is 4.57 Å². The van der Waals surface area contributed by atoms with Crippen LogP contribution in [0.1, 0.15) is 19.9 Å². The number of nitrogens with zero attached hydrogens (tertiary/aromatic N) is 5. The predicted molar refractivity (Wildman–Crippen MR) is 51.4 cm³/mol. The lowest BCUT2D eigenvalue weighted by atomic mass is 10.3. The molecule has 0 aliphatic heterocycles. The Hall–Kier alpha value is -1.78. The Bertz CT molecular complexity index is 406. The molecule has 5 heteroatoms. The highest BCUT2D eigenvalue weighted by molar-refractivity contribution is 5.51. The van der Waals surface area contributed by atoms with E-state index in [2.05, 4.69) is 34.0 Å². The minimum Gasteiger partial charge on any atom is -0.311 e. The van der Waals surface area contributed by atoms with Crippen molar-refractivity contribution in [3.05, 3.63) is 25.0 Å². The fraction of sp³-hybridized carbons (Fsp3) is 0.333. The SMILES string of the molecule is CC(C)n1cnnc1-c1cncnc1. The van der Waals surface area contributed by atoms with Crippen LogP contribution in [0.2, 0.25) is 0 Å². The summed E-state index contributed by atoms with van der Waals surface area (Å²) in [5.41, 5.74) is 0.888. The zero-order chi connectivity index (χ0) is 9.97. The maximum atomic E-state index is 4.04. The molecular weight excluding hydrogens is 178 g/mol. The van der Waals surface area contributed by atoms with Gasteiger partial charge in [0, 0.05) is 18.4 Å². The molecule has 0 spiro atoms. The maximum Gasteiger partial charge on any atom is 0.167 e. The van der Waals surface area contributed by atoms with Gasteiger partial charge in [0.1, 0.15) is 12.7 Å². The molecule has 2 aromatic heterocycles. The molecule has 2 aromatic rings. The van der Waals surface area contributed by atoms with E-state index in [4.69, 9.17) is 0 Å². The predicted octanol–water partition coefficient (Wildman–Crippen LogP) is 1.32. The van der Waals surface area contributed by atoms with Gasteiger partial charge in [0.2, 0.25) is 0 Å². The minimum atomic E-state index is 0.334. The van der Waals surface area contributed by atoms with Gasteiger partial charge in [-0.2, -0.15) is 0 Å². The summed E-state index contributed by atoms with van der Waals surface area (Å²) in [7, 11) is 0. The third kappa shape index (κ3) is 1.48. The molecule has 14 heavy (non-hydrogen) atoms.